The first-order chi connectivity index (χ1) is 8.54. The lowest BCUT2D eigenvalue weighted by atomic mass is 10.0. The molecule has 1 aromatic carbocycles. The molecule has 2 atom stereocenters. The summed E-state index contributed by atoms with van der Waals surface area (Å²) in [6.45, 7) is 2.57. The number of amides is 1. The van der Waals surface area contributed by atoms with Crippen molar-refractivity contribution in [1.29, 1.82) is 0 Å². The number of likely N-dealkylation sites (tertiary alicyclic amines) is 1. The van der Waals surface area contributed by atoms with E-state index in [4.69, 9.17) is 11.6 Å². The van der Waals surface area contributed by atoms with Crippen LogP contribution in [0, 0.1) is 5.92 Å². The van der Waals surface area contributed by atoms with Crippen LogP contribution in [0.25, 0.3) is 0 Å². The average molecular weight is 270 g/mol. The SMILES string of the molecule is CC1CCN(C(=O)c2cc(O)ccc2Cl)C1CO. The van der Waals surface area contributed by atoms with Crippen molar-refractivity contribution in [2.24, 2.45) is 5.92 Å². The van der Waals surface area contributed by atoms with Gasteiger partial charge in [0.05, 0.1) is 23.2 Å². The third-order valence-electron chi connectivity index (χ3n) is 3.51. The largest absolute Gasteiger partial charge is 0.508 e. The highest BCUT2D eigenvalue weighted by molar-refractivity contribution is 6.33. The summed E-state index contributed by atoms with van der Waals surface area (Å²) in [6, 6.07) is 4.13. The number of rotatable bonds is 2. The third kappa shape index (κ3) is 2.31. The molecule has 1 heterocycles. The van der Waals surface area contributed by atoms with Gasteiger partial charge in [-0.1, -0.05) is 18.5 Å². The predicted molar refractivity (Wildman–Crippen MR) is 68.8 cm³/mol. The number of hydrogen-bond acceptors (Lipinski definition) is 3. The van der Waals surface area contributed by atoms with Gasteiger partial charge < -0.3 is 15.1 Å². The van der Waals surface area contributed by atoms with Crippen LogP contribution in [0.2, 0.25) is 5.02 Å². The molecule has 2 N–H and O–H groups in total. The van der Waals surface area contributed by atoms with Gasteiger partial charge in [-0.05, 0) is 30.5 Å². The lowest BCUT2D eigenvalue weighted by Crippen LogP contribution is -2.39. The molecule has 1 aromatic rings. The Hall–Kier alpha value is -1.26. The molecule has 2 rings (SSSR count). The first kappa shape index (κ1) is 13.2. The van der Waals surface area contributed by atoms with Gasteiger partial charge in [0.2, 0.25) is 0 Å². The second-order valence-electron chi connectivity index (χ2n) is 4.68. The maximum atomic E-state index is 12.4. The Morgan fingerprint density at radius 3 is 2.94 bits per heavy atom. The van der Waals surface area contributed by atoms with Gasteiger partial charge in [-0.3, -0.25) is 4.79 Å². The maximum absolute atomic E-state index is 12.4. The number of benzene rings is 1. The molecule has 18 heavy (non-hydrogen) atoms. The molecule has 2 unspecified atom stereocenters. The minimum atomic E-state index is -0.237. The van der Waals surface area contributed by atoms with E-state index < -0.39 is 0 Å². The summed E-state index contributed by atoms with van der Waals surface area (Å²) in [5, 5.41) is 19.1. The van der Waals surface area contributed by atoms with E-state index in [1.54, 1.807) is 4.90 Å². The van der Waals surface area contributed by atoms with E-state index in [0.29, 0.717) is 11.6 Å². The third-order valence-corrected chi connectivity index (χ3v) is 3.84. The summed E-state index contributed by atoms with van der Waals surface area (Å²) >= 11 is 5.98. The Balaban J connectivity index is 2.28. The molecule has 1 fully saturated rings. The van der Waals surface area contributed by atoms with E-state index in [2.05, 4.69) is 0 Å². The number of carbonyl (C=O) groups is 1. The van der Waals surface area contributed by atoms with Gasteiger partial charge in [-0.2, -0.15) is 0 Å². The van der Waals surface area contributed by atoms with Gasteiger partial charge in [0, 0.05) is 6.54 Å². The topological polar surface area (TPSA) is 60.8 Å². The number of carbonyl (C=O) groups excluding carboxylic acids is 1. The molecule has 1 aliphatic rings. The molecule has 0 aromatic heterocycles. The number of aliphatic hydroxyl groups is 1. The van der Waals surface area contributed by atoms with E-state index >= 15 is 0 Å². The highest BCUT2D eigenvalue weighted by atomic mass is 35.5. The summed E-state index contributed by atoms with van der Waals surface area (Å²) in [6.07, 6.45) is 0.868. The summed E-state index contributed by atoms with van der Waals surface area (Å²) < 4.78 is 0. The Labute approximate surface area is 111 Å². The van der Waals surface area contributed by atoms with Gasteiger partial charge in [0.25, 0.3) is 5.91 Å². The molecular weight excluding hydrogens is 254 g/mol. The van der Waals surface area contributed by atoms with Crippen LogP contribution in [0.5, 0.6) is 5.75 Å². The number of nitrogens with zero attached hydrogens (tertiary/aromatic N) is 1. The summed E-state index contributed by atoms with van der Waals surface area (Å²) in [5.41, 5.74) is 0.282. The molecule has 0 radical (unpaired) electrons. The number of halogens is 1. The highest BCUT2D eigenvalue weighted by Gasteiger charge is 2.34. The van der Waals surface area contributed by atoms with E-state index in [1.165, 1.54) is 18.2 Å². The molecule has 0 spiro atoms. The maximum Gasteiger partial charge on any atom is 0.255 e. The molecule has 1 aliphatic heterocycles. The van der Waals surface area contributed by atoms with Gasteiger partial charge in [0.15, 0.2) is 0 Å². The molecule has 1 amide bonds. The number of phenols is 1. The summed E-state index contributed by atoms with van der Waals surface area (Å²) in [4.78, 5) is 14.0. The van der Waals surface area contributed by atoms with Gasteiger partial charge in [-0.15, -0.1) is 0 Å². The van der Waals surface area contributed by atoms with Crippen molar-refractivity contribution >= 4 is 17.5 Å². The summed E-state index contributed by atoms with van der Waals surface area (Å²) in [7, 11) is 0. The number of phenolic OH excluding ortho intramolecular Hbond substituents is 1. The second-order valence-corrected chi connectivity index (χ2v) is 5.09. The normalized spacial score (nSPS) is 23.4. The van der Waals surface area contributed by atoms with Crippen molar-refractivity contribution in [3.05, 3.63) is 28.8 Å². The lowest BCUT2D eigenvalue weighted by molar-refractivity contribution is 0.0648. The molecule has 5 heteroatoms. The molecule has 4 nitrogen and oxygen atoms in total. The monoisotopic (exact) mass is 269 g/mol. The first-order valence-electron chi connectivity index (χ1n) is 5.95. The van der Waals surface area contributed by atoms with E-state index in [-0.39, 0.29) is 35.8 Å². The van der Waals surface area contributed by atoms with Crippen LogP contribution >= 0.6 is 11.6 Å². The Kier molecular flexibility index (Phi) is 3.78. The zero-order valence-electron chi connectivity index (χ0n) is 10.1. The van der Waals surface area contributed by atoms with Gasteiger partial charge in [-0.25, -0.2) is 0 Å². The van der Waals surface area contributed by atoms with Crippen LogP contribution < -0.4 is 0 Å². The molecule has 1 saturated heterocycles. The molecule has 98 valence electrons. The van der Waals surface area contributed by atoms with Crippen molar-refractivity contribution in [1.82, 2.24) is 4.90 Å². The predicted octanol–water partition coefficient (Wildman–Crippen LogP) is 1.89. The first-order valence-corrected chi connectivity index (χ1v) is 6.32. The fraction of sp³-hybridized carbons (Fsp3) is 0.462. The fourth-order valence-corrected chi connectivity index (χ4v) is 2.57. The average Bonchev–Trinajstić information content (AvgIpc) is 2.72. The standard InChI is InChI=1S/C13H16ClNO3/c1-8-4-5-15(12(8)7-16)13(18)10-6-9(17)2-3-11(10)14/h2-3,6,8,12,16-17H,4-5,7H2,1H3. The van der Waals surface area contributed by atoms with Crippen LogP contribution in [-0.4, -0.2) is 40.2 Å². The number of hydrogen-bond donors (Lipinski definition) is 2. The van der Waals surface area contributed by atoms with Crippen molar-refractivity contribution < 1.29 is 15.0 Å². The van der Waals surface area contributed by atoms with Gasteiger partial charge in [0.1, 0.15) is 5.75 Å². The highest BCUT2D eigenvalue weighted by Crippen LogP contribution is 2.28. The smallest absolute Gasteiger partial charge is 0.255 e. The Morgan fingerprint density at radius 1 is 1.56 bits per heavy atom. The van der Waals surface area contributed by atoms with Crippen molar-refractivity contribution in [2.45, 2.75) is 19.4 Å². The quantitative estimate of drug-likeness (QED) is 0.862. The van der Waals surface area contributed by atoms with Crippen LogP contribution in [0.15, 0.2) is 18.2 Å². The van der Waals surface area contributed by atoms with E-state index in [9.17, 15) is 15.0 Å². The van der Waals surface area contributed by atoms with Crippen molar-refractivity contribution in [3.63, 3.8) is 0 Å². The van der Waals surface area contributed by atoms with Crippen LogP contribution in [-0.2, 0) is 0 Å². The summed E-state index contributed by atoms with van der Waals surface area (Å²) in [5.74, 6) is 0.0462. The molecular formula is C13H16ClNO3. The molecule has 0 saturated carbocycles. The molecule has 0 bridgehead atoms. The van der Waals surface area contributed by atoms with Gasteiger partial charge >= 0.3 is 0 Å². The number of aromatic hydroxyl groups is 1. The minimum absolute atomic E-state index is 0.00976. The fourth-order valence-electron chi connectivity index (χ4n) is 2.37. The zero-order valence-corrected chi connectivity index (χ0v) is 10.9. The lowest BCUT2D eigenvalue weighted by Gasteiger charge is -2.25. The van der Waals surface area contributed by atoms with E-state index in [0.717, 1.165) is 6.42 Å². The Bertz CT molecular complexity index is 464. The van der Waals surface area contributed by atoms with Crippen molar-refractivity contribution in [3.8, 4) is 5.75 Å². The second kappa shape index (κ2) is 5.16. The van der Waals surface area contributed by atoms with Crippen LogP contribution in [0.4, 0.5) is 0 Å². The molecule has 0 aliphatic carbocycles. The van der Waals surface area contributed by atoms with Crippen LogP contribution in [0.3, 0.4) is 0 Å². The van der Waals surface area contributed by atoms with Crippen LogP contribution in [0.1, 0.15) is 23.7 Å². The zero-order chi connectivity index (χ0) is 13.3. The minimum Gasteiger partial charge on any atom is -0.508 e. The Morgan fingerprint density at radius 2 is 2.28 bits per heavy atom. The van der Waals surface area contributed by atoms with Crippen molar-refractivity contribution in [2.75, 3.05) is 13.2 Å². The number of aliphatic hydroxyl groups excluding tert-OH is 1. The van der Waals surface area contributed by atoms with E-state index in [1.807, 2.05) is 6.92 Å².